The van der Waals surface area contributed by atoms with Gasteiger partial charge in [0, 0.05) is 5.41 Å². The zero-order valence-electron chi connectivity index (χ0n) is 20.8. The lowest BCUT2D eigenvalue weighted by molar-refractivity contribution is 0.129. The smallest absolute Gasteiger partial charge is 0.165 e. The standard InChI is InChI=1S/C29H29N5O3/c1-36-24-12-8-21(9-13-24)29(20-6-4-3-5-7-20,22-10-14-25(37-2)15-11-22)16-23(35)17-34-19-33-26-27(30)31-18-32-28(26)34/h3-15,18-19,23,35H,16-17H2,1-2H3,(H2,30,31,32). The fourth-order valence-corrected chi connectivity index (χ4v) is 5.00. The molecule has 5 aromatic rings. The van der Waals surface area contributed by atoms with Gasteiger partial charge in [-0.25, -0.2) is 15.0 Å². The third-order valence-electron chi connectivity index (χ3n) is 6.81. The Morgan fingerprint density at radius 3 is 1.95 bits per heavy atom. The molecule has 3 aromatic carbocycles. The van der Waals surface area contributed by atoms with Gasteiger partial charge in [0.1, 0.15) is 23.3 Å². The number of fused-ring (bicyclic) bond motifs is 1. The SMILES string of the molecule is COc1ccc(C(CC(O)Cn2cnc3c(N)ncnc32)(c2ccccc2)c2ccc(OC)cc2)cc1. The van der Waals surface area contributed by atoms with Crippen molar-refractivity contribution in [1.82, 2.24) is 19.5 Å². The van der Waals surface area contributed by atoms with Crippen LogP contribution in [0.2, 0.25) is 0 Å². The molecule has 37 heavy (non-hydrogen) atoms. The number of ether oxygens (including phenoxy) is 2. The fraction of sp³-hybridized carbons (Fsp3) is 0.207. The van der Waals surface area contributed by atoms with Crippen LogP contribution in [0.15, 0.2) is 91.5 Å². The number of methoxy groups -OCH3 is 2. The number of hydrogen-bond donors (Lipinski definition) is 2. The average molecular weight is 496 g/mol. The lowest BCUT2D eigenvalue weighted by Crippen LogP contribution is -2.35. The number of nitrogens with zero attached hydrogens (tertiary/aromatic N) is 4. The van der Waals surface area contributed by atoms with Crippen LogP contribution >= 0.6 is 0 Å². The predicted molar refractivity (Wildman–Crippen MR) is 143 cm³/mol. The van der Waals surface area contributed by atoms with Crippen LogP contribution in [-0.2, 0) is 12.0 Å². The second-order valence-electron chi connectivity index (χ2n) is 8.91. The molecule has 0 aliphatic heterocycles. The molecule has 8 nitrogen and oxygen atoms in total. The first-order chi connectivity index (χ1) is 18.0. The van der Waals surface area contributed by atoms with E-state index in [1.54, 1.807) is 20.5 Å². The Hall–Kier alpha value is -4.43. The highest BCUT2D eigenvalue weighted by Gasteiger charge is 2.38. The van der Waals surface area contributed by atoms with Gasteiger partial charge in [-0.3, -0.25) is 0 Å². The summed E-state index contributed by atoms with van der Waals surface area (Å²) >= 11 is 0. The fourth-order valence-electron chi connectivity index (χ4n) is 5.00. The summed E-state index contributed by atoms with van der Waals surface area (Å²) in [4.78, 5) is 12.7. The number of benzene rings is 3. The second kappa shape index (κ2) is 10.3. The Labute approximate surface area is 215 Å². The van der Waals surface area contributed by atoms with E-state index in [0.29, 0.717) is 23.4 Å². The summed E-state index contributed by atoms with van der Waals surface area (Å²) in [5.41, 5.74) is 9.54. The molecule has 2 heterocycles. The van der Waals surface area contributed by atoms with Gasteiger partial charge in [0.2, 0.25) is 0 Å². The van der Waals surface area contributed by atoms with Crippen molar-refractivity contribution < 1.29 is 14.6 Å². The maximum atomic E-state index is 11.6. The van der Waals surface area contributed by atoms with Gasteiger partial charge in [-0.2, -0.15) is 0 Å². The molecule has 0 fully saturated rings. The van der Waals surface area contributed by atoms with Gasteiger partial charge in [0.15, 0.2) is 11.5 Å². The van der Waals surface area contributed by atoms with E-state index in [-0.39, 0.29) is 6.54 Å². The number of rotatable bonds is 9. The Morgan fingerprint density at radius 2 is 1.38 bits per heavy atom. The van der Waals surface area contributed by atoms with E-state index in [0.717, 1.165) is 28.2 Å². The minimum Gasteiger partial charge on any atom is -0.497 e. The molecule has 0 spiro atoms. The molecule has 3 N–H and O–H groups in total. The summed E-state index contributed by atoms with van der Waals surface area (Å²) in [5.74, 6) is 1.85. The van der Waals surface area contributed by atoms with Gasteiger partial charge in [-0.1, -0.05) is 54.6 Å². The van der Waals surface area contributed by atoms with E-state index in [2.05, 4.69) is 51.4 Å². The number of aliphatic hydroxyl groups is 1. The number of anilines is 1. The first kappa shape index (κ1) is 24.3. The molecule has 0 radical (unpaired) electrons. The van der Waals surface area contributed by atoms with E-state index in [9.17, 15) is 5.11 Å². The van der Waals surface area contributed by atoms with E-state index in [1.165, 1.54) is 6.33 Å². The van der Waals surface area contributed by atoms with Crippen LogP contribution in [0, 0.1) is 0 Å². The highest BCUT2D eigenvalue weighted by atomic mass is 16.5. The van der Waals surface area contributed by atoms with Gasteiger partial charge in [0.25, 0.3) is 0 Å². The van der Waals surface area contributed by atoms with E-state index < -0.39 is 11.5 Å². The molecule has 0 aliphatic rings. The molecule has 2 aromatic heterocycles. The maximum absolute atomic E-state index is 11.6. The predicted octanol–water partition coefficient (Wildman–Crippen LogP) is 4.21. The summed E-state index contributed by atoms with van der Waals surface area (Å²) in [7, 11) is 3.30. The maximum Gasteiger partial charge on any atom is 0.165 e. The summed E-state index contributed by atoms with van der Waals surface area (Å²) in [6.45, 7) is 0.286. The van der Waals surface area contributed by atoms with Crippen molar-refractivity contribution in [3.63, 3.8) is 0 Å². The molecule has 0 aliphatic carbocycles. The van der Waals surface area contributed by atoms with E-state index >= 15 is 0 Å². The van der Waals surface area contributed by atoms with E-state index in [1.807, 2.05) is 47.0 Å². The first-order valence-corrected chi connectivity index (χ1v) is 12.0. The molecular weight excluding hydrogens is 466 g/mol. The van der Waals surface area contributed by atoms with Crippen molar-refractivity contribution in [2.75, 3.05) is 20.0 Å². The van der Waals surface area contributed by atoms with Gasteiger partial charge in [0.05, 0.1) is 33.2 Å². The summed E-state index contributed by atoms with van der Waals surface area (Å²) in [6.07, 6.45) is 2.70. The molecule has 1 atom stereocenters. The van der Waals surface area contributed by atoms with Crippen molar-refractivity contribution >= 4 is 17.0 Å². The van der Waals surface area contributed by atoms with Crippen molar-refractivity contribution in [1.29, 1.82) is 0 Å². The quantitative estimate of drug-likeness (QED) is 0.295. The number of aliphatic hydroxyl groups excluding tert-OH is 1. The van der Waals surface area contributed by atoms with Crippen LogP contribution in [0.1, 0.15) is 23.1 Å². The monoisotopic (exact) mass is 495 g/mol. The van der Waals surface area contributed by atoms with Crippen LogP contribution in [0.4, 0.5) is 5.82 Å². The Morgan fingerprint density at radius 1 is 0.811 bits per heavy atom. The topological polar surface area (TPSA) is 108 Å². The Bertz CT molecular complexity index is 1420. The third-order valence-corrected chi connectivity index (χ3v) is 6.81. The minimum atomic E-state index is -0.752. The van der Waals surface area contributed by atoms with Gasteiger partial charge in [-0.15, -0.1) is 0 Å². The highest BCUT2D eigenvalue weighted by molar-refractivity contribution is 5.81. The summed E-state index contributed by atoms with van der Waals surface area (Å²) in [6, 6.07) is 26.3. The average Bonchev–Trinajstić information content (AvgIpc) is 3.36. The largest absolute Gasteiger partial charge is 0.497 e. The number of nitrogen functional groups attached to an aromatic ring is 1. The normalized spacial score (nSPS) is 12.4. The molecule has 8 heteroatoms. The number of imidazole rings is 1. The number of nitrogens with two attached hydrogens (primary N) is 1. The molecular formula is C29H29N5O3. The Kier molecular flexibility index (Phi) is 6.74. The number of hydrogen-bond acceptors (Lipinski definition) is 7. The summed E-state index contributed by atoms with van der Waals surface area (Å²) < 4.78 is 12.7. The lowest BCUT2D eigenvalue weighted by Gasteiger charge is -2.38. The minimum absolute atomic E-state index is 0.286. The molecule has 0 saturated carbocycles. The van der Waals surface area contributed by atoms with Crippen molar-refractivity contribution in [3.8, 4) is 11.5 Å². The zero-order chi connectivity index (χ0) is 25.8. The van der Waals surface area contributed by atoms with Crippen molar-refractivity contribution in [3.05, 3.63) is 108 Å². The Balaban J connectivity index is 1.63. The number of aromatic nitrogens is 4. The van der Waals surface area contributed by atoms with Gasteiger partial charge >= 0.3 is 0 Å². The van der Waals surface area contributed by atoms with Crippen LogP contribution in [-0.4, -0.2) is 44.9 Å². The van der Waals surface area contributed by atoms with Crippen LogP contribution in [0.3, 0.4) is 0 Å². The molecule has 0 saturated heterocycles. The molecule has 1 unspecified atom stereocenters. The summed E-state index contributed by atoms with van der Waals surface area (Å²) in [5, 5.41) is 11.6. The van der Waals surface area contributed by atoms with Crippen molar-refractivity contribution in [2.24, 2.45) is 0 Å². The highest BCUT2D eigenvalue weighted by Crippen LogP contribution is 2.44. The molecule has 0 amide bonds. The third kappa shape index (κ3) is 4.59. The van der Waals surface area contributed by atoms with Gasteiger partial charge in [-0.05, 0) is 47.4 Å². The zero-order valence-corrected chi connectivity index (χ0v) is 20.8. The van der Waals surface area contributed by atoms with Crippen molar-refractivity contribution in [2.45, 2.75) is 24.5 Å². The van der Waals surface area contributed by atoms with E-state index in [4.69, 9.17) is 15.2 Å². The molecule has 0 bridgehead atoms. The van der Waals surface area contributed by atoms with Crippen LogP contribution in [0.5, 0.6) is 11.5 Å². The van der Waals surface area contributed by atoms with Crippen LogP contribution < -0.4 is 15.2 Å². The van der Waals surface area contributed by atoms with Crippen LogP contribution in [0.25, 0.3) is 11.2 Å². The van der Waals surface area contributed by atoms with Gasteiger partial charge < -0.3 is 24.9 Å². The molecule has 188 valence electrons. The lowest BCUT2D eigenvalue weighted by atomic mass is 9.66. The molecule has 5 rings (SSSR count). The second-order valence-corrected chi connectivity index (χ2v) is 8.91. The first-order valence-electron chi connectivity index (χ1n) is 12.0.